The molecule has 0 aromatic heterocycles. The van der Waals surface area contributed by atoms with E-state index in [0.717, 1.165) is 36.0 Å². The molecule has 0 amide bonds. The summed E-state index contributed by atoms with van der Waals surface area (Å²) < 4.78 is 27.4. The maximum atomic E-state index is 12.9. The Kier molecular flexibility index (Phi) is 4.02. The molecule has 1 aliphatic heterocycles. The largest absolute Gasteiger partial charge is 0.243 e. The van der Waals surface area contributed by atoms with Crippen molar-refractivity contribution < 1.29 is 8.42 Å². The Morgan fingerprint density at radius 2 is 1.68 bits per heavy atom. The number of hydrogen-bond donors (Lipinski definition) is 0. The van der Waals surface area contributed by atoms with Crippen molar-refractivity contribution in [2.75, 3.05) is 6.54 Å². The zero-order valence-corrected chi connectivity index (χ0v) is 13.0. The first kappa shape index (κ1) is 14.5. The number of hydrogen-bond acceptors (Lipinski definition) is 2. The van der Waals surface area contributed by atoms with Gasteiger partial charge in [-0.3, -0.25) is 0 Å². The van der Waals surface area contributed by atoms with Crippen LogP contribution in [0.15, 0.2) is 17.0 Å². The van der Waals surface area contributed by atoms with Crippen LogP contribution in [-0.2, 0) is 10.0 Å². The molecule has 0 unspecified atom stereocenters. The van der Waals surface area contributed by atoms with E-state index in [0.29, 0.717) is 11.4 Å². The second-order valence-electron chi connectivity index (χ2n) is 5.69. The highest BCUT2D eigenvalue weighted by Gasteiger charge is 2.32. The topological polar surface area (TPSA) is 37.4 Å². The minimum atomic E-state index is -3.36. The summed E-state index contributed by atoms with van der Waals surface area (Å²) in [5.74, 6) is 0. The Balaban J connectivity index is 2.50. The van der Waals surface area contributed by atoms with E-state index in [2.05, 4.69) is 0 Å². The fraction of sp³-hybridized carbons (Fsp3) is 0.600. The predicted octanol–water partition coefficient (Wildman–Crippen LogP) is 3.17. The van der Waals surface area contributed by atoms with E-state index in [-0.39, 0.29) is 6.04 Å². The van der Waals surface area contributed by atoms with Crippen molar-refractivity contribution >= 4 is 10.0 Å². The van der Waals surface area contributed by atoms with Gasteiger partial charge in [0.05, 0.1) is 4.90 Å². The molecular formula is C15H23NO2S. The molecule has 1 saturated heterocycles. The summed E-state index contributed by atoms with van der Waals surface area (Å²) in [4.78, 5) is 0.506. The van der Waals surface area contributed by atoms with Crippen molar-refractivity contribution in [3.63, 3.8) is 0 Å². The minimum Gasteiger partial charge on any atom is -0.207 e. The van der Waals surface area contributed by atoms with Crippen LogP contribution in [-0.4, -0.2) is 25.3 Å². The van der Waals surface area contributed by atoms with Crippen LogP contribution in [0.25, 0.3) is 0 Å². The molecule has 3 nitrogen and oxygen atoms in total. The van der Waals surface area contributed by atoms with Crippen LogP contribution in [0.2, 0.25) is 0 Å². The predicted molar refractivity (Wildman–Crippen MR) is 77.9 cm³/mol. The lowest BCUT2D eigenvalue weighted by Gasteiger charge is -2.33. The smallest absolute Gasteiger partial charge is 0.207 e. The molecule has 106 valence electrons. The summed E-state index contributed by atoms with van der Waals surface area (Å²) in [7, 11) is -3.36. The van der Waals surface area contributed by atoms with Crippen molar-refractivity contribution in [3.05, 3.63) is 28.8 Å². The van der Waals surface area contributed by atoms with Gasteiger partial charge in [-0.25, -0.2) is 8.42 Å². The van der Waals surface area contributed by atoms with Crippen molar-refractivity contribution in [2.24, 2.45) is 0 Å². The molecule has 19 heavy (non-hydrogen) atoms. The standard InChI is InChI=1S/C15H23NO2S/c1-11-9-12(2)15(13(3)10-11)19(17,18)16-8-6-5-7-14(16)4/h9-10,14H,5-8H2,1-4H3/t14-/m0/s1. The van der Waals surface area contributed by atoms with Crippen molar-refractivity contribution in [1.29, 1.82) is 0 Å². The van der Waals surface area contributed by atoms with Crippen LogP contribution in [0.1, 0.15) is 42.9 Å². The Bertz CT molecular complexity index is 555. The van der Waals surface area contributed by atoms with Gasteiger partial charge in [-0.15, -0.1) is 0 Å². The number of nitrogens with zero attached hydrogens (tertiary/aromatic N) is 1. The highest BCUT2D eigenvalue weighted by atomic mass is 32.2. The van der Waals surface area contributed by atoms with Gasteiger partial charge >= 0.3 is 0 Å². The first-order chi connectivity index (χ1) is 8.84. The quantitative estimate of drug-likeness (QED) is 0.835. The molecule has 1 aliphatic rings. The van der Waals surface area contributed by atoms with Gasteiger partial charge in [-0.05, 0) is 51.7 Å². The van der Waals surface area contributed by atoms with Crippen LogP contribution in [0.4, 0.5) is 0 Å². The van der Waals surface area contributed by atoms with E-state index < -0.39 is 10.0 Å². The molecule has 1 fully saturated rings. The SMILES string of the molecule is Cc1cc(C)c(S(=O)(=O)N2CCCC[C@@H]2C)c(C)c1. The Morgan fingerprint density at radius 3 is 2.21 bits per heavy atom. The Labute approximate surface area is 116 Å². The van der Waals surface area contributed by atoms with Crippen molar-refractivity contribution in [3.8, 4) is 0 Å². The molecule has 0 radical (unpaired) electrons. The molecule has 1 atom stereocenters. The highest BCUT2D eigenvalue weighted by molar-refractivity contribution is 7.89. The minimum absolute atomic E-state index is 0.110. The summed E-state index contributed by atoms with van der Waals surface area (Å²) in [6.45, 7) is 8.44. The average Bonchev–Trinajstić information content (AvgIpc) is 2.27. The number of aryl methyl sites for hydroxylation is 3. The number of benzene rings is 1. The van der Waals surface area contributed by atoms with E-state index in [1.807, 2.05) is 39.8 Å². The molecule has 0 aliphatic carbocycles. The van der Waals surface area contributed by atoms with Gasteiger partial charge in [0.2, 0.25) is 10.0 Å². The molecule has 0 spiro atoms. The fourth-order valence-electron chi connectivity index (χ4n) is 3.12. The first-order valence-electron chi connectivity index (χ1n) is 6.93. The summed E-state index contributed by atoms with van der Waals surface area (Å²) in [6, 6.07) is 4.02. The zero-order chi connectivity index (χ0) is 14.2. The maximum Gasteiger partial charge on any atom is 0.243 e. The van der Waals surface area contributed by atoms with Gasteiger partial charge in [0.15, 0.2) is 0 Å². The van der Waals surface area contributed by atoms with E-state index in [9.17, 15) is 8.42 Å². The number of sulfonamides is 1. The van der Waals surface area contributed by atoms with Gasteiger partial charge in [0, 0.05) is 12.6 Å². The van der Waals surface area contributed by atoms with Crippen molar-refractivity contribution in [1.82, 2.24) is 4.31 Å². The summed E-state index contributed by atoms with van der Waals surface area (Å²) in [5, 5.41) is 0. The van der Waals surface area contributed by atoms with Gasteiger partial charge in [0.25, 0.3) is 0 Å². The average molecular weight is 281 g/mol. The lowest BCUT2D eigenvalue weighted by Crippen LogP contribution is -2.42. The van der Waals surface area contributed by atoms with Crippen molar-refractivity contribution in [2.45, 2.75) is 57.9 Å². The van der Waals surface area contributed by atoms with Crippen LogP contribution in [0, 0.1) is 20.8 Å². The van der Waals surface area contributed by atoms with E-state index >= 15 is 0 Å². The molecule has 1 aromatic rings. The van der Waals surface area contributed by atoms with Crippen LogP contribution in [0.5, 0.6) is 0 Å². The molecule has 0 bridgehead atoms. The number of rotatable bonds is 2. The summed E-state index contributed by atoms with van der Waals surface area (Å²) >= 11 is 0. The molecule has 0 N–H and O–H groups in total. The monoisotopic (exact) mass is 281 g/mol. The molecule has 4 heteroatoms. The molecule has 0 saturated carbocycles. The third kappa shape index (κ3) is 2.70. The van der Waals surface area contributed by atoms with Gasteiger partial charge < -0.3 is 0 Å². The molecule has 1 aromatic carbocycles. The molecular weight excluding hydrogens is 258 g/mol. The second-order valence-corrected chi connectivity index (χ2v) is 7.52. The Morgan fingerprint density at radius 1 is 1.11 bits per heavy atom. The third-order valence-electron chi connectivity index (χ3n) is 3.91. The second kappa shape index (κ2) is 5.25. The first-order valence-corrected chi connectivity index (χ1v) is 8.37. The number of piperidine rings is 1. The van der Waals surface area contributed by atoms with Gasteiger partial charge in [-0.2, -0.15) is 4.31 Å². The summed E-state index contributed by atoms with van der Waals surface area (Å²) in [6.07, 6.45) is 3.05. The molecule has 1 heterocycles. The van der Waals surface area contributed by atoms with Crippen LogP contribution in [0.3, 0.4) is 0 Å². The van der Waals surface area contributed by atoms with Crippen LogP contribution < -0.4 is 0 Å². The highest BCUT2D eigenvalue weighted by Crippen LogP contribution is 2.29. The fourth-order valence-corrected chi connectivity index (χ4v) is 5.23. The lowest BCUT2D eigenvalue weighted by molar-refractivity contribution is 0.268. The summed E-state index contributed by atoms with van der Waals surface area (Å²) in [5.41, 5.74) is 2.83. The van der Waals surface area contributed by atoms with Gasteiger partial charge in [-0.1, -0.05) is 24.1 Å². The normalized spacial score (nSPS) is 21.6. The van der Waals surface area contributed by atoms with E-state index in [1.165, 1.54) is 0 Å². The Hall–Kier alpha value is -0.870. The lowest BCUT2D eigenvalue weighted by atomic mass is 10.1. The maximum absolute atomic E-state index is 12.9. The van der Waals surface area contributed by atoms with E-state index in [1.54, 1.807) is 4.31 Å². The zero-order valence-electron chi connectivity index (χ0n) is 12.2. The molecule has 2 rings (SSSR count). The van der Waals surface area contributed by atoms with Crippen LogP contribution >= 0.6 is 0 Å². The van der Waals surface area contributed by atoms with E-state index in [4.69, 9.17) is 0 Å². The third-order valence-corrected chi connectivity index (χ3v) is 6.23. The van der Waals surface area contributed by atoms with Gasteiger partial charge in [0.1, 0.15) is 0 Å².